The number of morpholine rings is 1. The van der Waals surface area contributed by atoms with E-state index in [4.69, 9.17) is 9.72 Å². The van der Waals surface area contributed by atoms with Crippen LogP contribution in [0, 0.1) is 0 Å². The Morgan fingerprint density at radius 3 is 2.49 bits per heavy atom. The second kappa shape index (κ2) is 13.4. The smallest absolute Gasteiger partial charge is 0.263 e. The molecule has 1 saturated heterocycles. The molecule has 2 amide bonds. The van der Waals surface area contributed by atoms with Crippen molar-refractivity contribution in [1.29, 1.82) is 0 Å². The highest BCUT2D eigenvalue weighted by atomic mass is 32.2. The number of carbonyl (C=O) groups excluding carboxylic acids is 2. The van der Waals surface area contributed by atoms with Crippen LogP contribution in [0.5, 0.6) is 0 Å². The first-order chi connectivity index (χ1) is 23.7. The van der Waals surface area contributed by atoms with Gasteiger partial charge in [-0.3, -0.25) is 19.2 Å². The Hall–Kier alpha value is -5.08. The number of sulfonamides is 1. The molecule has 3 N–H and O–H groups in total. The normalized spacial score (nSPS) is 13.8. The summed E-state index contributed by atoms with van der Waals surface area (Å²) in [4.78, 5) is 37.4. The lowest BCUT2D eigenvalue weighted by molar-refractivity contribution is -0.120. The Balaban J connectivity index is 1.27. The van der Waals surface area contributed by atoms with E-state index in [-0.39, 0.29) is 15.7 Å². The summed E-state index contributed by atoms with van der Waals surface area (Å²) in [7, 11) is -0.811. The number of fused-ring (bicyclic) bond motifs is 3. The van der Waals surface area contributed by atoms with Gasteiger partial charge in [0.2, 0.25) is 5.91 Å². The maximum absolute atomic E-state index is 13.5. The molecular formula is C36H34N6O5S2. The summed E-state index contributed by atoms with van der Waals surface area (Å²) in [5.74, 6) is -0.454. The number of rotatable bonds is 9. The number of aromatic amines is 1. The van der Waals surface area contributed by atoms with Gasteiger partial charge in [0.15, 0.2) is 0 Å². The first-order valence-corrected chi connectivity index (χ1v) is 18.1. The number of pyridine rings is 1. The maximum Gasteiger partial charge on any atom is 0.263 e. The number of likely N-dealkylation sites (N-methyl/N-ethyl adjacent to an activating group) is 1. The first kappa shape index (κ1) is 32.5. The number of aromatic nitrogens is 2. The molecule has 0 radical (unpaired) electrons. The predicted octanol–water partition coefficient (Wildman–Crippen LogP) is 5.57. The highest BCUT2D eigenvalue weighted by molar-refractivity contribution is 7.93. The van der Waals surface area contributed by atoms with Crippen molar-refractivity contribution < 1.29 is 22.7 Å². The van der Waals surface area contributed by atoms with Gasteiger partial charge in [0.1, 0.15) is 15.4 Å². The van der Waals surface area contributed by atoms with Crippen LogP contribution < -0.4 is 14.9 Å². The lowest BCUT2D eigenvalue weighted by Gasteiger charge is -2.28. The lowest BCUT2D eigenvalue weighted by atomic mass is 9.92. The van der Waals surface area contributed by atoms with Gasteiger partial charge in [0.25, 0.3) is 15.9 Å². The van der Waals surface area contributed by atoms with Gasteiger partial charge in [-0.1, -0.05) is 42.5 Å². The van der Waals surface area contributed by atoms with E-state index in [0.29, 0.717) is 31.1 Å². The van der Waals surface area contributed by atoms with Crippen LogP contribution >= 0.6 is 11.3 Å². The van der Waals surface area contributed by atoms with Crippen LogP contribution in [-0.4, -0.2) is 82.0 Å². The van der Waals surface area contributed by atoms with Crippen LogP contribution in [0.25, 0.3) is 44.2 Å². The molecule has 7 rings (SSSR count). The van der Waals surface area contributed by atoms with E-state index in [1.54, 1.807) is 29.5 Å². The minimum atomic E-state index is -4.06. The molecule has 0 unspecified atom stereocenters. The number of thiophene rings is 1. The molecule has 1 aliphatic rings. The molecule has 250 valence electrons. The van der Waals surface area contributed by atoms with Gasteiger partial charge in [-0.2, -0.15) is 0 Å². The molecule has 1 aliphatic heterocycles. The molecule has 4 heterocycles. The molecule has 13 heteroatoms. The number of nitrogens with zero attached hydrogens (tertiary/aromatic N) is 3. The minimum Gasteiger partial charge on any atom is -0.379 e. The number of amides is 2. The van der Waals surface area contributed by atoms with E-state index >= 15 is 0 Å². The predicted molar refractivity (Wildman–Crippen MR) is 194 cm³/mol. The summed E-state index contributed by atoms with van der Waals surface area (Å²) in [6.07, 6.45) is 1.84. The fraction of sp³-hybridized carbons (Fsp3) is 0.194. The summed E-state index contributed by atoms with van der Waals surface area (Å²) in [5, 5.41) is 5.70. The molecule has 6 aromatic rings. The molecule has 3 aromatic carbocycles. The second-order valence-electron chi connectivity index (χ2n) is 11.7. The number of benzene rings is 3. The van der Waals surface area contributed by atoms with Gasteiger partial charge < -0.3 is 19.9 Å². The zero-order valence-corrected chi connectivity index (χ0v) is 28.5. The number of anilines is 2. The lowest BCUT2D eigenvalue weighted by Crippen LogP contribution is -2.43. The second-order valence-corrected chi connectivity index (χ2v) is 14.3. The molecule has 0 atom stereocenters. The van der Waals surface area contributed by atoms with Crippen molar-refractivity contribution >= 4 is 66.5 Å². The number of nitrogens with one attached hydrogen (secondary N) is 3. The number of carbonyl (C=O) groups is 2. The van der Waals surface area contributed by atoms with Gasteiger partial charge >= 0.3 is 0 Å². The molecule has 0 spiro atoms. The van der Waals surface area contributed by atoms with E-state index in [2.05, 4.69) is 19.9 Å². The van der Waals surface area contributed by atoms with Crippen LogP contribution in [0.1, 0.15) is 9.67 Å². The minimum absolute atomic E-state index is 0.0109. The average Bonchev–Trinajstić information content (AvgIpc) is 3.77. The largest absolute Gasteiger partial charge is 0.379 e. The Labute approximate surface area is 287 Å². The molecule has 0 bridgehead atoms. The zero-order valence-electron chi connectivity index (χ0n) is 26.9. The van der Waals surface area contributed by atoms with Crippen LogP contribution in [0.3, 0.4) is 0 Å². The molecule has 49 heavy (non-hydrogen) atoms. The topological polar surface area (TPSA) is 137 Å². The van der Waals surface area contributed by atoms with E-state index < -0.39 is 15.9 Å². The molecule has 0 saturated carbocycles. The van der Waals surface area contributed by atoms with Gasteiger partial charge in [0.05, 0.1) is 19.8 Å². The third-order valence-corrected chi connectivity index (χ3v) is 11.2. The highest BCUT2D eigenvalue weighted by Gasteiger charge is 2.25. The van der Waals surface area contributed by atoms with Crippen molar-refractivity contribution in [3.05, 3.63) is 95.3 Å². The van der Waals surface area contributed by atoms with Crippen molar-refractivity contribution in [2.45, 2.75) is 4.90 Å². The third kappa shape index (κ3) is 6.41. The van der Waals surface area contributed by atoms with Crippen molar-refractivity contribution in [1.82, 2.24) is 20.2 Å². The Kier molecular flexibility index (Phi) is 8.90. The van der Waals surface area contributed by atoms with Crippen molar-refractivity contribution in [2.24, 2.45) is 0 Å². The highest BCUT2D eigenvalue weighted by Crippen LogP contribution is 2.41. The number of H-pyrrole nitrogens is 1. The molecular weight excluding hydrogens is 661 g/mol. The molecule has 3 aromatic heterocycles. The monoisotopic (exact) mass is 694 g/mol. The molecule has 11 nitrogen and oxygen atoms in total. The van der Waals surface area contributed by atoms with E-state index in [1.165, 1.54) is 13.1 Å². The average molecular weight is 695 g/mol. The van der Waals surface area contributed by atoms with Gasteiger partial charge in [-0.05, 0) is 52.9 Å². The zero-order chi connectivity index (χ0) is 34.1. The Bertz CT molecular complexity index is 2280. The standard InChI is InChI=1S/C36H34N6O5S2/c1-37-36(44)34-30(14-19-48-34)49(45,46)40-25-10-13-29-27(20-25)33-32(24-6-4-3-5-7-24)28(21-38-35(33)39-29)23-8-11-26(12-9-23)41(2)31(43)22-42-15-17-47-18-16-42/h3-14,19-21,40H,15-18,22H2,1-2H3,(H,37,44)(H,38,39). The van der Waals surface area contributed by atoms with Crippen LogP contribution in [0.2, 0.25) is 0 Å². The van der Waals surface area contributed by atoms with Crippen molar-refractivity contribution in [3.63, 3.8) is 0 Å². The van der Waals surface area contributed by atoms with Crippen molar-refractivity contribution in [3.8, 4) is 22.3 Å². The summed E-state index contributed by atoms with van der Waals surface area (Å²) in [5.41, 5.74) is 6.27. The quantitative estimate of drug-likeness (QED) is 0.180. The summed E-state index contributed by atoms with van der Waals surface area (Å²) in [6, 6.07) is 24.5. The number of ether oxygens (including phenoxy) is 1. The van der Waals surface area contributed by atoms with E-state index in [9.17, 15) is 18.0 Å². The number of hydrogen-bond acceptors (Lipinski definition) is 8. The van der Waals surface area contributed by atoms with Gasteiger partial charge in [-0.15, -0.1) is 11.3 Å². The van der Waals surface area contributed by atoms with E-state index in [1.807, 2.05) is 66.9 Å². The van der Waals surface area contributed by atoms with Crippen molar-refractivity contribution in [2.75, 3.05) is 56.6 Å². The SMILES string of the molecule is CNC(=O)c1sccc1S(=O)(=O)Nc1ccc2[nH]c3ncc(-c4ccc(N(C)C(=O)CN5CCOCC5)cc4)c(-c4ccccc4)c3c2c1. The maximum atomic E-state index is 13.5. The number of hydrogen-bond donors (Lipinski definition) is 3. The van der Waals surface area contributed by atoms with Crippen LogP contribution in [0.15, 0.2) is 95.3 Å². The summed E-state index contributed by atoms with van der Waals surface area (Å²) >= 11 is 1.07. The molecule has 0 aliphatic carbocycles. The fourth-order valence-electron chi connectivity index (χ4n) is 6.11. The van der Waals surface area contributed by atoms with Gasteiger partial charge in [0, 0.05) is 72.2 Å². The Morgan fingerprint density at radius 1 is 1.00 bits per heavy atom. The van der Waals surface area contributed by atoms with Crippen LogP contribution in [0.4, 0.5) is 11.4 Å². The fourth-order valence-corrected chi connectivity index (χ4v) is 8.53. The Morgan fingerprint density at radius 2 is 1.76 bits per heavy atom. The first-order valence-electron chi connectivity index (χ1n) is 15.7. The van der Waals surface area contributed by atoms with Crippen LogP contribution in [-0.2, 0) is 19.6 Å². The third-order valence-electron chi connectivity index (χ3n) is 8.69. The summed E-state index contributed by atoms with van der Waals surface area (Å²) in [6.45, 7) is 3.09. The van der Waals surface area contributed by atoms with Gasteiger partial charge in [-0.25, -0.2) is 13.4 Å². The summed E-state index contributed by atoms with van der Waals surface area (Å²) < 4.78 is 35.0. The molecule has 1 fully saturated rings. The van der Waals surface area contributed by atoms with E-state index in [0.717, 1.165) is 68.7 Å².